The van der Waals surface area contributed by atoms with Crippen molar-refractivity contribution in [3.8, 4) is 0 Å². The topological polar surface area (TPSA) is 74.7 Å². The van der Waals surface area contributed by atoms with Gasteiger partial charge in [-0.1, -0.05) is 6.07 Å². The fourth-order valence-electron chi connectivity index (χ4n) is 2.41. The molecule has 5 nitrogen and oxygen atoms in total. The van der Waals surface area contributed by atoms with Gasteiger partial charge >= 0.3 is 5.97 Å². The summed E-state index contributed by atoms with van der Waals surface area (Å²) in [6.45, 7) is 1.07. The highest BCUT2D eigenvalue weighted by atomic mass is 32.2. The Labute approximate surface area is 142 Å². The third-order valence-electron chi connectivity index (χ3n) is 3.57. The molecular formula is C15H15NO4S3. The molecule has 0 unspecified atom stereocenters. The van der Waals surface area contributed by atoms with E-state index in [0.717, 1.165) is 29.1 Å². The Balaban J connectivity index is 1.95. The molecule has 0 amide bonds. The molecule has 1 fully saturated rings. The van der Waals surface area contributed by atoms with Crippen molar-refractivity contribution in [3.05, 3.63) is 39.4 Å². The molecule has 0 saturated carbocycles. The second-order valence-electron chi connectivity index (χ2n) is 5.11. The first-order valence-electron chi connectivity index (χ1n) is 7.07. The maximum Gasteiger partial charge on any atom is 0.337 e. The monoisotopic (exact) mass is 369 g/mol. The summed E-state index contributed by atoms with van der Waals surface area (Å²) in [5.74, 6) is -1.06. The third-order valence-corrected chi connectivity index (χ3v) is 7.87. The summed E-state index contributed by atoms with van der Waals surface area (Å²) in [5.41, 5.74) is 0.111. The predicted octanol–water partition coefficient (Wildman–Crippen LogP) is 3.22. The molecule has 0 bridgehead atoms. The van der Waals surface area contributed by atoms with Crippen molar-refractivity contribution >= 4 is 50.3 Å². The van der Waals surface area contributed by atoms with E-state index in [2.05, 4.69) is 0 Å². The third kappa shape index (κ3) is 3.40. The van der Waals surface area contributed by atoms with Crippen LogP contribution in [0.15, 0.2) is 33.9 Å². The second kappa shape index (κ2) is 6.56. The van der Waals surface area contributed by atoms with Crippen LogP contribution in [0.2, 0.25) is 0 Å². The Morgan fingerprint density at radius 3 is 2.57 bits per heavy atom. The van der Waals surface area contributed by atoms with Crippen LogP contribution in [0.4, 0.5) is 0 Å². The van der Waals surface area contributed by atoms with Crippen molar-refractivity contribution in [2.45, 2.75) is 17.1 Å². The molecule has 0 radical (unpaired) electrons. The summed E-state index contributed by atoms with van der Waals surface area (Å²) in [6, 6.07) is 6.73. The Hall–Kier alpha value is -1.48. The molecule has 3 rings (SSSR count). The van der Waals surface area contributed by atoms with Crippen molar-refractivity contribution < 1.29 is 18.3 Å². The van der Waals surface area contributed by atoms with Gasteiger partial charge in [-0.3, -0.25) is 0 Å². The van der Waals surface area contributed by atoms with Gasteiger partial charge in [-0.25, -0.2) is 13.2 Å². The molecule has 0 spiro atoms. The van der Waals surface area contributed by atoms with E-state index >= 15 is 0 Å². The number of carboxylic acid groups (broad SMARTS) is 1. The van der Waals surface area contributed by atoms with E-state index in [-0.39, 0.29) is 9.78 Å². The molecule has 1 aliphatic heterocycles. The minimum absolute atomic E-state index is 0.111. The van der Waals surface area contributed by atoms with Gasteiger partial charge in [0.2, 0.25) is 0 Å². The Kier molecular flexibility index (Phi) is 4.67. The number of rotatable bonds is 5. The lowest BCUT2D eigenvalue weighted by Crippen LogP contribution is -2.27. The molecule has 0 aromatic carbocycles. The summed E-state index contributed by atoms with van der Waals surface area (Å²) in [6.07, 6.45) is 3.32. The van der Waals surface area contributed by atoms with Gasteiger partial charge in [-0.15, -0.1) is 22.7 Å². The van der Waals surface area contributed by atoms with E-state index in [4.69, 9.17) is 0 Å². The summed E-state index contributed by atoms with van der Waals surface area (Å²) >= 11 is 2.45. The van der Waals surface area contributed by atoms with Crippen LogP contribution in [0.3, 0.4) is 0 Å². The van der Waals surface area contributed by atoms with Crippen molar-refractivity contribution in [2.75, 3.05) is 13.1 Å². The van der Waals surface area contributed by atoms with Crippen molar-refractivity contribution in [2.24, 2.45) is 0 Å². The average Bonchev–Trinajstić information content (AvgIpc) is 3.24. The van der Waals surface area contributed by atoms with Gasteiger partial charge in [0.1, 0.15) is 4.21 Å². The summed E-state index contributed by atoms with van der Waals surface area (Å²) in [7, 11) is -3.50. The number of nitrogens with zero attached hydrogens (tertiary/aromatic N) is 1. The smallest absolute Gasteiger partial charge is 0.337 e. The Bertz CT molecular complexity index is 828. The lowest BCUT2D eigenvalue weighted by atomic mass is 10.2. The molecule has 2 aromatic rings. The fraction of sp³-hybridized carbons (Fsp3) is 0.267. The zero-order valence-corrected chi connectivity index (χ0v) is 14.6. The van der Waals surface area contributed by atoms with Gasteiger partial charge in [0.05, 0.1) is 5.57 Å². The van der Waals surface area contributed by atoms with Gasteiger partial charge in [0, 0.05) is 22.8 Å². The predicted molar refractivity (Wildman–Crippen MR) is 92.1 cm³/mol. The minimum atomic E-state index is -3.50. The average molecular weight is 369 g/mol. The fourth-order valence-corrected chi connectivity index (χ4v) is 6.06. The minimum Gasteiger partial charge on any atom is -0.478 e. The lowest BCUT2D eigenvalue weighted by molar-refractivity contribution is -0.130. The van der Waals surface area contributed by atoms with Gasteiger partial charge in [-0.2, -0.15) is 4.31 Å². The van der Waals surface area contributed by atoms with Crippen LogP contribution < -0.4 is 0 Å². The van der Waals surface area contributed by atoms with Crippen molar-refractivity contribution in [1.29, 1.82) is 0 Å². The van der Waals surface area contributed by atoms with E-state index in [1.807, 2.05) is 17.5 Å². The Morgan fingerprint density at radius 2 is 1.96 bits per heavy atom. The lowest BCUT2D eigenvalue weighted by Gasteiger charge is -2.13. The normalized spacial score (nSPS) is 16.8. The standard InChI is InChI=1S/C15H15NO4S3/c17-15(18)12(10-11-4-3-9-21-11)13-5-6-14(22-13)23(19,20)16-7-1-2-8-16/h3-6,9-10H,1-2,7-8H2,(H,17,18)/b12-10-. The molecule has 2 aromatic heterocycles. The summed E-state index contributed by atoms with van der Waals surface area (Å²) in [5, 5.41) is 11.3. The molecule has 8 heteroatoms. The van der Waals surface area contributed by atoms with Crippen LogP contribution in [0.5, 0.6) is 0 Å². The van der Waals surface area contributed by atoms with Crippen LogP contribution in [-0.4, -0.2) is 36.9 Å². The molecule has 1 saturated heterocycles. The molecule has 3 heterocycles. The highest BCUT2D eigenvalue weighted by Crippen LogP contribution is 2.32. The SMILES string of the molecule is O=C(O)/C(=C\c1cccs1)c1ccc(S(=O)(=O)N2CCCC2)s1. The number of hydrogen-bond donors (Lipinski definition) is 1. The summed E-state index contributed by atoms with van der Waals surface area (Å²) < 4.78 is 26.7. The highest BCUT2D eigenvalue weighted by Gasteiger charge is 2.29. The van der Waals surface area contributed by atoms with E-state index in [1.54, 1.807) is 12.1 Å². The molecule has 1 N–H and O–H groups in total. The zero-order chi connectivity index (χ0) is 16.4. The van der Waals surface area contributed by atoms with Crippen molar-refractivity contribution in [3.63, 3.8) is 0 Å². The molecule has 23 heavy (non-hydrogen) atoms. The molecule has 0 atom stereocenters. The van der Waals surface area contributed by atoms with Crippen LogP contribution >= 0.6 is 22.7 Å². The van der Waals surface area contributed by atoms with E-state index in [0.29, 0.717) is 18.0 Å². The van der Waals surface area contributed by atoms with Crippen LogP contribution in [0.1, 0.15) is 22.6 Å². The molecule has 0 aliphatic carbocycles. The first-order chi connectivity index (χ1) is 11.0. The number of aliphatic carboxylic acids is 1. The van der Waals surface area contributed by atoms with Crippen molar-refractivity contribution in [1.82, 2.24) is 4.31 Å². The van der Waals surface area contributed by atoms with E-state index in [1.165, 1.54) is 21.7 Å². The number of carbonyl (C=O) groups is 1. The van der Waals surface area contributed by atoms with E-state index < -0.39 is 16.0 Å². The van der Waals surface area contributed by atoms with Crippen LogP contribution in [0, 0.1) is 0 Å². The van der Waals surface area contributed by atoms with Gasteiger partial charge in [-0.05, 0) is 42.5 Å². The van der Waals surface area contributed by atoms with E-state index in [9.17, 15) is 18.3 Å². The maximum absolute atomic E-state index is 12.5. The largest absolute Gasteiger partial charge is 0.478 e. The molecule has 1 aliphatic rings. The quantitative estimate of drug-likeness (QED) is 0.821. The van der Waals surface area contributed by atoms with Gasteiger partial charge in [0.15, 0.2) is 0 Å². The Morgan fingerprint density at radius 1 is 1.22 bits per heavy atom. The molecule has 122 valence electrons. The molecular weight excluding hydrogens is 354 g/mol. The second-order valence-corrected chi connectivity index (χ2v) is 9.34. The first kappa shape index (κ1) is 16.4. The number of carboxylic acids is 1. The van der Waals surface area contributed by atoms with Gasteiger partial charge < -0.3 is 5.11 Å². The number of hydrogen-bond acceptors (Lipinski definition) is 5. The van der Waals surface area contributed by atoms with Crippen LogP contribution in [-0.2, 0) is 14.8 Å². The zero-order valence-electron chi connectivity index (χ0n) is 12.1. The number of sulfonamides is 1. The maximum atomic E-state index is 12.5. The van der Waals surface area contributed by atoms with Gasteiger partial charge in [0.25, 0.3) is 10.0 Å². The number of thiophene rings is 2. The summed E-state index contributed by atoms with van der Waals surface area (Å²) in [4.78, 5) is 12.8. The van der Waals surface area contributed by atoms with Crippen LogP contribution in [0.25, 0.3) is 11.6 Å². The first-order valence-corrected chi connectivity index (χ1v) is 10.2. The highest BCUT2D eigenvalue weighted by molar-refractivity contribution is 7.91.